The molecule has 158 valence electrons. The summed E-state index contributed by atoms with van der Waals surface area (Å²) in [6.07, 6.45) is 1.46. The highest BCUT2D eigenvalue weighted by Gasteiger charge is 2.23. The number of aromatic nitrogens is 4. The van der Waals surface area contributed by atoms with E-state index < -0.39 is 16.1 Å². The zero-order valence-corrected chi connectivity index (χ0v) is 17.8. The summed E-state index contributed by atoms with van der Waals surface area (Å²) >= 11 is 0. The lowest BCUT2D eigenvalue weighted by Crippen LogP contribution is -2.29. The van der Waals surface area contributed by atoms with Crippen LogP contribution in [0.1, 0.15) is 22.7 Å². The van der Waals surface area contributed by atoms with E-state index in [-0.39, 0.29) is 4.90 Å². The van der Waals surface area contributed by atoms with Crippen molar-refractivity contribution in [2.45, 2.75) is 17.9 Å². The molecule has 0 fully saturated rings. The Morgan fingerprint density at radius 3 is 2.29 bits per heavy atom. The Morgan fingerprint density at radius 2 is 1.68 bits per heavy atom. The molecule has 1 aromatic heterocycles. The summed E-state index contributed by atoms with van der Waals surface area (Å²) in [5.41, 5.74) is 3.07. The van der Waals surface area contributed by atoms with E-state index in [1.807, 2.05) is 61.5 Å². The Labute approximate surface area is 180 Å². The molecule has 1 heterocycles. The molecule has 0 unspecified atom stereocenters. The number of nitrogens with zero attached hydrogens (tertiary/aromatic N) is 4. The minimum atomic E-state index is -3.82. The largest absolute Gasteiger partial charge is 0.497 e. The average molecular weight is 436 g/mol. The van der Waals surface area contributed by atoms with E-state index in [4.69, 9.17) is 4.74 Å². The Balaban J connectivity index is 1.69. The fourth-order valence-electron chi connectivity index (χ4n) is 3.32. The van der Waals surface area contributed by atoms with Crippen LogP contribution in [0.4, 0.5) is 0 Å². The van der Waals surface area contributed by atoms with Crippen molar-refractivity contribution in [1.29, 1.82) is 0 Å². The van der Waals surface area contributed by atoms with E-state index in [2.05, 4.69) is 20.2 Å². The van der Waals surface area contributed by atoms with Crippen molar-refractivity contribution in [3.05, 3.63) is 95.8 Å². The molecule has 31 heavy (non-hydrogen) atoms. The van der Waals surface area contributed by atoms with Crippen LogP contribution in [0.2, 0.25) is 0 Å². The van der Waals surface area contributed by atoms with Crippen molar-refractivity contribution in [3.63, 3.8) is 0 Å². The second-order valence-electron chi connectivity index (χ2n) is 6.94. The van der Waals surface area contributed by atoms with Gasteiger partial charge in [0.1, 0.15) is 12.1 Å². The van der Waals surface area contributed by atoms with Gasteiger partial charge in [-0.2, -0.15) is 4.72 Å². The van der Waals surface area contributed by atoms with Gasteiger partial charge in [-0.15, -0.1) is 5.10 Å². The smallest absolute Gasteiger partial charge is 0.241 e. The fraction of sp³-hybridized carbons (Fsp3) is 0.136. The van der Waals surface area contributed by atoms with Gasteiger partial charge in [0.2, 0.25) is 10.0 Å². The molecular weight excluding hydrogens is 414 g/mol. The normalized spacial score (nSPS) is 12.5. The third kappa shape index (κ3) is 4.47. The summed E-state index contributed by atoms with van der Waals surface area (Å²) in [5, 5.41) is 11.1. The van der Waals surface area contributed by atoms with Gasteiger partial charge in [-0.25, -0.2) is 13.1 Å². The van der Waals surface area contributed by atoms with Crippen LogP contribution in [0.3, 0.4) is 0 Å². The molecule has 4 rings (SSSR count). The molecule has 0 saturated heterocycles. The summed E-state index contributed by atoms with van der Waals surface area (Å²) in [5.74, 6) is 0.701. The van der Waals surface area contributed by atoms with Gasteiger partial charge >= 0.3 is 0 Å². The first-order chi connectivity index (χ1) is 15.0. The predicted molar refractivity (Wildman–Crippen MR) is 115 cm³/mol. The fourth-order valence-corrected chi connectivity index (χ4v) is 4.62. The van der Waals surface area contributed by atoms with E-state index in [9.17, 15) is 8.42 Å². The van der Waals surface area contributed by atoms with Crippen LogP contribution in [0.15, 0.2) is 84.0 Å². The quantitative estimate of drug-likeness (QED) is 0.479. The number of rotatable bonds is 7. The van der Waals surface area contributed by atoms with Crippen molar-refractivity contribution >= 4 is 10.0 Å². The van der Waals surface area contributed by atoms with Crippen molar-refractivity contribution in [1.82, 2.24) is 24.9 Å². The number of methoxy groups -OCH3 is 1. The molecule has 4 aromatic rings. The van der Waals surface area contributed by atoms with E-state index in [0.29, 0.717) is 11.4 Å². The number of aryl methyl sites for hydroxylation is 1. The zero-order valence-electron chi connectivity index (χ0n) is 17.0. The van der Waals surface area contributed by atoms with Gasteiger partial charge in [-0.3, -0.25) is 0 Å². The van der Waals surface area contributed by atoms with Crippen LogP contribution in [0.5, 0.6) is 5.75 Å². The van der Waals surface area contributed by atoms with E-state index in [1.165, 1.54) is 11.0 Å². The molecule has 0 saturated carbocycles. The SMILES string of the molecule is COc1ccc([C@@H](NS(=O)(=O)c2ccc(-n3cnnn3)c(C)c2)c2ccccc2)cc1. The van der Waals surface area contributed by atoms with Crippen LogP contribution in [-0.4, -0.2) is 35.7 Å². The monoisotopic (exact) mass is 435 g/mol. The zero-order chi connectivity index (χ0) is 21.8. The number of ether oxygens (including phenoxy) is 1. The molecule has 0 aliphatic rings. The molecule has 0 aliphatic carbocycles. The summed E-state index contributed by atoms with van der Waals surface area (Å²) < 4.78 is 36.1. The van der Waals surface area contributed by atoms with Crippen molar-refractivity contribution < 1.29 is 13.2 Å². The van der Waals surface area contributed by atoms with Gasteiger partial charge in [0.05, 0.1) is 23.7 Å². The number of tetrazole rings is 1. The van der Waals surface area contributed by atoms with Gasteiger partial charge in [0.15, 0.2) is 0 Å². The lowest BCUT2D eigenvalue weighted by atomic mass is 10.00. The molecule has 0 amide bonds. The van der Waals surface area contributed by atoms with E-state index in [1.54, 1.807) is 25.3 Å². The van der Waals surface area contributed by atoms with E-state index in [0.717, 1.165) is 16.7 Å². The molecule has 0 spiro atoms. The van der Waals surface area contributed by atoms with Gasteiger partial charge in [0.25, 0.3) is 0 Å². The molecule has 1 atom stereocenters. The maximum absolute atomic E-state index is 13.3. The Kier molecular flexibility index (Phi) is 5.79. The van der Waals surface area contributed by atoms with Crippen LogP contribution in [-0.2, 0) is 10.0 Å². The van der Waals surface area contributed by atoms with Gasteiger partial charge < -0.3 is 4.74 Å². The van der Waals surface area contributed by atoms with Crippen LogP contribution in [0, 0.1) is 6.92 Å². The Hall–Kier alpha value is -3.56. The van der Waals surface area contributed by atoms with Crippen LogP contribution in [0.25, 0.3) is 5.69 Å². The molecular formula is C22H21N5O3S. The minimum absolute atomic E-state index is 0.163. The summed E-state index contributed by atoms with van der Waals surface area (Å²) in [4.78, 5) is 0.163. The van der Waals surface area contributed by atoms with Crippen LogP contribution < -0.4 is 9.46 Å². The standard InChI is InChI=1S/C22H21N5O3S/c1-16-14-20(12-13-21(16)27-15-23-25-26-27)31(28,29)24-22(17-6-4-3-5-7-17)18-8-10-19(30-2)11-9-18/h3-15,22,24H,1-2H3/t22-/m0/s1. The lowest BCUT2D eigenvalue weighted by molar-refractivity contribution is 0.414. The molecule has 8 nitrogen and oxygen atoms in total. The lowest BCUT2D eigenvalue weighted by Gasteiger charge is -2.20. The average Bonchev–Trinajstić information content (AvgIpc) is 3.33. The second kappa shape index (κ2) is 8.66. The van der Waals surface area contributed by atoms with Gasteiger partial charge in [-0.05, 0) is 64.4 Å². The summed E-state index contributed by atoms with van der Waals surface area (Å²) in [7, 11) is -2.23. The van der Waals surface area contributed by atoms with Crippen molar-refractivity contribution in [2.75, 3.05) is 7.11 Å². The molecule has 1 N–H and O–H groups in total. The molecule has 9 heteroatoms. The van der Waals surface area contributed by atoms with E-state index >= 15 is 0 Å². The maximum Gasteiger partial charge on any atom is 0.241 e. The third-order valence-electron chi connectivity index (χ3n) is 4.93. The predicted octanol–water partition coefficient (Wildman–Crippen LogP) is 3.05. The minimum Gasteiger partial charge on any atom is -0.497 e. The molecule has 0 radical (unpaired) electrons. The number of sulfonamides is 1. The summed E-state index contributed by atoms with van der Waals surface area (Å²) in [6.45, 7) is 1.81. The first-order valence-electron chi connectivity index (χ1n) is 9.53. The van der Waals surface area contributed by atoms with Crippen LogP contribution >= 0.6 is 0 Å². The van der Waals surface area contributed by atoms with Crippen molar-refractivity contribution in [2.24, 2.45) is 0 Å². The highest BCUT2D eigenvalue weighted by molar-refractivity contribution is 7.89. The first kappa shape index (κ1) is 20.7. The van der Waals surface area contributed by atoms with Gasteiger partial charge in [-0.1, -0.05) is 42.5 Å². The van der Waals surface area contributed by atoms with Crippen molar-refractivity contribution in [3.8, 4) is 11.4 Å². The third-order valence-corrected chi connectivity index (χ3v) is 6.35. The number of hydrogen-bond acceptors (Lipinski definition) is 6. The second-order valence-corrected chi connectivity index (χ2v) is 8.65. The number of benzene rings is 3. The summed E-state index contributed by atoms with van der Waals surface area (Å²) in [6, 6.07) is 21.0. The first-order valence-corrected chi connectivity index (χ1v) is 11.0. The number of hydrogen-bond donors (Lipinski definition) is 1. The molecule has 0 aliphatic heterocycles. The number of nitrogens with one attached hydrogen (secondary N) is 1. The van der Waals surface area contributed by atoms with Gasteiger partial charge in [0, 0.05) is 0 Å². The highest BCUT2D eigenvalue weighted by atomic mass is 32.2. The topological polar surface area (TPSA) is 99.0 Å². The molecule has 3 aromatic carbocycles. The molecule has 0 bridgehead atoms. The highest BCUT2D eigenvalue weighted by Crippen LogP contribution is 2.27. The maximum atomic E-state index is 13.3. The Morgan fingerprint density at radius 1 is 0.968 bits per heavy atom. The Bertz CT molecular complexity index is 1260.